The van der Waals surface area contributed by atoms with Gasteiger partial charge in [-0.2, -0.15) is 0 Å². The van der Waals surface area contributed by atoms with Crippen LogP contribution in [-0.2, 0) is 13.3 Å². The van der Waals surface area contributed by atoms with Gasteiger partial charge in [0.15, 0.2) is 0 Å². The molecule has 1 aliphatic rings. The quantitative estimate of drug-likeness (QED) is 0.486. The van der Waals surface area contributed by atoms with Crippen LogP contribution >= 0.6 is 0 Å². The fourth-order valence-corrected chi connectivity index (χ4v) is 7.01. The molecule has 3 nitrogen and oxygen atoms in total. The van der Waals surface area contributed by atoms with Crippen LogP contribution in [0, 0.1) is 5.92 Å². The van der Waals surface area contributed by atoms with Crippen LogP contribution in [0.3, 0.4) is 0 Å². The predicted molar refractivity (Wildman–Crippen MR) is 85.8 cm³/mol. The monoisotopic (exact) mass is 300 g/mol. The smallest absolute Gasteiger partial charge is 0.373 e. The highest BCUT2D eigenvalue weighted by atomic mass is 28.4. The van der Waals surface area contributed by atoms with Gasteiger partial charge in [-0.25, -0.2) is 0 Å². The molecule has 0 saturated heterocycles. The standard InChI is InChI=1S/C16H32O3Si/c1-7-17-20(18-8-2,19-9-3)16(14(4)5)12-10-15(6)11-13-16/h10,14H,7-9,11-13H2,1-6H3/t16-/m0/s1. The lowest BCUT2D eigenvalue weighted by atomic mass is 9.81. The van der Waals surface area contributed by atoms with Crippen LogP contribution in [0.1, 0.15) is 60.8 Å². The lowest BCUT2D eigenvalue weighted by Gasteiger charge is -2.49. The van der Waals surface area contributed by atoms with Crippen molar-refractivity contribution in [2.24, 2.45) is 5.92 Å². The molecule has 1 aliphatic carbocycles. The second kappa shape index (κ2) is 7.73. The van der Waals surface area contributed by atoms with E-state index in [1.54, 1.807) is 0 Å². The van der Waals surface area contributed by atoms with Crippen molar-refractivity contribution in [3.8, 4) is 0 Å². The SMILES string of the molecule is CCO[Si](OCC)(OCC)[C@@]1(C(C)C)CC=C(C)CC1. The van der Waals surface area contributed by atoms with E-state index in [9.17, 15) is 0 Å². The Hall–Kier alpha value is -0.163. The summed E-state index contributed by atoms with van der Waals surface area (Å²) < 4.78 is 18.6. The Bertz CT molecular complexity index is 311. The van der Waals surface area contributed by atoms with E-state index < -0.39 is 8.80 Å². The molecule has 0 saturated carbocycles. The van der Waals surface area contributed by atoms with Gasteiger partial charge < -0.3 is 13.3 Å². The third-order valence-electron chi connectivity index (χ3n) is 4.50. The van der Waals surface area contributed by atoms with Gasteiger partial charge in [0.2, 0.25) is 0 Å². The van der Waals surface area contributed by atoms with Crippen molar-refractivity contribution in [3.05, 3.63) is 11.6 Å². The minimum absolute atomic E-state index is 0.0224. The molecule has 20 heavy (non-hydrogen) atoms. The summed E-state index contributed by atoms with van der Waals surface area (Å²) in [4.78, 5) is 0. The zero-order valence-corrected chi connectivity index (χ0v) is 15.1. The van der Waals surface area contributed by atoms with Gasteiger partial charge >= 0.3 is 8.80 Å². The third kappa shape index (κ3) is 3.35. The molecule has 0 amide bonds. The summed E-state index contributed by atoms with van der Waals surface area (Å²) in [5, 5.41) is 0.0224. The van der Waals surface area contributed by atoms with Gasteiger partial charge in [0.05, 0.1) is 0 Å². The van der Waals surface area contributed by atoms with Gasteiger partial charge in [-0.15, -0.1) is 0 Å². The van der Waals surface area contributed by atoms with Crippen LogP contribution < -0.4 is 0 Å². The van der Waals surface area contributed by atoms with Crippen LogP contribution in [0.25, 0.3) is 0 Å². The molecular formula is C16H32O3Si. The Morgan fingerprint density at radius 2 is 1.60 bits per heavy atom. The summed E-state index contributed by atoms with van der Waals surface area (Å²) in [5.74, 6) is 0.489. The molecule has 0 spiro atoms. The fraction of sp³-hybridized carbons (Fsp3) is 0.875. The van der Waals surface area contributed by atoms with Crippen LogP contribution in [-0.4, -0.2) is 28.6 Å². The Balaban J connectivity index is 3.22. The van der Waals surface area contributed by atoms with E-state index >= 15 is 0 Å². The average Bonchev–Trinajstić information content (AvgIpc) is 2.40. The Labute approximate surface area is 126 Å². The molecule has 0 aliphatic heterocycles. The van der Waals surface area contributed by atoms with Crippen molar-refractivity contribution in [2.75, 3.05) is 19.8 Å². The van der Waals surface area contributed by atoms with Gasteiger partial charge in [-0.05, 0) is 52.9 Å². The average molecular weight is 301 g/mol. The zero-order valence-electron chi connectivity index (χ0n) is 14.1. The summed E-state index contributed by atoms with van der Waals surface area (Å²) in [6, 6.07) is 0. The Morgan fingerprint density at radius 3 is 1.90 bits per heavy atom. The second-order valence-corrected chi connectivity index (χ2v) is 8.89. The highest BCUT2D eigenvalue weighted by Gasteiger charge is 2.61. The zero-order chi connectivity index (χ0) is 15.2. The molecule has 0 aromatic carbocycles. The molecule has 0 radical (unpaired) electrons. The molecule has 0 fully saturated rings. The number of hydrogen-bond donors (Lipinski definition) is 0. The summed E-state index contributed by atoms with van der Waals surface area (Å²) in [5.41, 5.74) is 1.48. The molecule has 0 N–H and O–H groups in total. The lowest BCUT2D eigenvalue weighted by molar-refractivity contribution is 0.0292. The van der Waals surface area contributed by atoms with E-state index in [4.69, 9.17) is 13.3 Å². The maximum absolute atomic E-state index is 6.22. The molecule has 0 unspecified atom stereocenters. The molecular weight excluding hydrogens is 268 g/mol. The number of allylic oxidation sites excluding steroid dienone is 2. The van der Waals surface area contributed by atoms with Crippen molar-refractivity contribution in [2.45, 2.75) is 65.8 Å². The van der Waals surface area contributed by atoms with Crippen molar-refractivity contribution in [3.63, 3.8) is 0 Å². The highest BCUT2D eigenvalue weighted by Crippen LogP contribution is 2.56. The first-order valence-electron chi connectivity index (χ1n) is 8.05. The first-order chi connectivity index (χ1) is 9.48. The minimum Gasteiger partial charge on any atom is -0.373 e. The van der Waals surface area contributed by atoms with Gasteiger partial charge in [0.25, 0.3) is 0 Å². The van der Waals surface area contributed by atoms with Gasteiger partial charge in [-0.3, -0.25) is 0 Å². The van der Waals surface area contributed by atoms with Crippen molar-refractivity contribution < 1.29 is 13.3 Å². The first-order valence-corrected chi connectivity index (χ1v) is 9.78. The van der Waals surface area contributed by atoms with Gasteiger partial charge in [0.1, 0.15) is 0 Å². The highest BCUT2D eigenvalue weighted by molar-refractivity contribution is 6.64. The maximum Gasteiger partial charge on any atom is 0.508 e. The molecule has 118 valence electrons. The van der Waals surface area contributed by atoms with Gasteiger partial charge in [-0.1, -0.05) is 25.5 Å². The van der Waals surface area contributed by atoms with E-state index in [1.165, 1.54) is 5.57 Å². The van der Waals surface area contributed by atoms with E-state index in [0.717, 1.165) is 19.3 Å². The van der Waals surface area contributed by atoms with Crippen LogP contribution in [0.5, 0.6) is 0 Å². The minimum atomic E-state index is -2.68. The topological polar surface area (TPSA) is 27.7 Å². The molecule has 1 rings (SSSR count). The second-order valence-electron chi connectivity index (χ2n) is 5.92. The van der Waals surface area contributed by atoms with Crippen molar-refractivity contribution in [1.82, 2.24) is 0 Å². The summed E-state index contributed by atoms with van der Waals surface area (Å²) in [7, 11) is -2.68. The molecule has 0 bridgehead atoms. The third-order valence-corrected chi connectivity index (χ3v) is 8.76. The van der Waals surface area contributed by atoms with E-state index in [-0.39, 0.29) is 5.04 Å². The van der Waals surface area contributed by atoms with Gasteiger partial charge in [0, 0.05) is 24.9 Å². The molecule has 0 aromatic heterocycles. The number of rotatable bonds is 8. The molecule has 0 aromatic rings. The maximum atomic E-state index is 6.22. The molecule has 4 heteroatoms. The van der Waals surface area contributed by atoms with Crippen LogP contribution in [0.15, 0.2) is 11.6 Å². The Kier molecular flexibility index (Phi) is 6.92. The predicted octanol–water partition coefficient (Wildman–Crippen LogP) is 4.56. The number of hydrogen-bond acceptors (Lipinski definition) is 3. The van der Waals surface area contributed by atoms with Crippen molar-refractivity contribution in [1.29, 1.82) is 0 Å². The van der Waals surface area contributed by atoms with E-state index in [1.807, 2.05) is 20.8 Å². The summed E-state index contributed by atoms with van der Waals surface area (Å²) in [6.45, 7) is 14.9. The largest absolute Gasteiger partial charge is 0.508 e. The first kappa shape index (κ1) is 17.9. The molecule has 1 atom stereocenters. The van der Waals surface area contributed by atoms with E-state index in [0.29, 0.717) is 25.7 Å². The molecule has 0 heterocycles. The van der Waals surface area contributed by atoms with Crippen LogP contribution in [0.2, 0.25) is 5.04 Å². The lowest BCUT2D eigenvalue weighted by Crippen LogP contribution is -2.59. The van der Waals surface area contributed by atoms with Crippen LogP contribution in [0.4, 0.5) is 0 Å². The fourth-order valence-electron chi connectivity index (χ4n) is 3.26. The summed E-state index contributed by atoms with van der Waals surface area (Å²) >= 11 is 0. The van der Waals surface area contributed by atoms with Crippen molar-refractivity contribution >= 4 is 8.80 Å². The Morgan fingerprint density at radius 1 is 1.10 bits per heavy atom. The van der Waals surface area contributed by atoms with E-state index in [2.05, 4.69) is 26.8 Å². The summed E-state index contributed by atoms with van der Waals surface area (Å²) in [6.07, 6.45) is 5.62. The normalized spacial score (nSPS) is 24.1.